The van der Waals surface area contributed by atoms with Crippen LogP contribution in [0.1, 0.15) is 66.8 Å². The summed E-state index contributed by atoms with van der Waals surface area (Å²) in [6.07, 6.45) is 5.68. The average molecular weight is 282 g/mol. The van der Waals surface area contributed by atoms with E-state index in [1.54, 1.807) is 11.3 Å². The predicted molar refractivity (Wildman–Crippen MR) is 81.9 cm³/mol. The largest absolute Gasteiger partial charge is 0.351 e. The zero-order valence-electron chi connectivity index (χ0n) is 12.6. The number of unbranched alkanes of at least 4 members (excludes halogenated alkanes) is 3. The lowest BCUT2D eigenvalue weighted by Gasteiger charge is -2.03. The molecule has 19 heavy (non-hydrogen) atoms. The van der Waals surface area contributed by atoms with Gasteiger partial charge in [-0.2, -0.15) is 0 Å². The highest BCUT2D eigenvalue weighted by Crippen LogP contribution is 2.20. The Morgan fingerprint density at radius 3 is 2.68 bits per heavy atom. The quantitative estimate of drug-likeness (QED) is 0.733. The highest BCUT2D eigenvalue weighted by Gasteiger charge is 2.15. The van der Waals surface area contributed by atoms with Crippen molar-refractivity contribution in [3.05, 3.63) is 15.6 Å². The number of carbonyl (C=O) groups is 1. The molecule has 1 aromatic rings. The molecule has 0 aromatic carbocycles. The number of hydrogen-bond acceptors (Lipinski definition) is 3. The van der Waals surface area contributed by atoms with Gasteiger partial charge in [0.25, 0.3) is 5.91 Å². The van der Waals surface area contributed by atoms with Crippen molar-refractivity contribution in [3.63, 3.8) is 0 Å². The molecular weight excluding hydrogens is 256 g/mol. The van der Waals surface area contributed by atoms with E-state index in [-0.39, 0.29) is 5.91 Å². The van der Waals surface area contributed by atoms with Crippen molar-refractivity contribution in [2.45, 2.75) is 59.8 Å². The monoisotopic (exact) mass is 282 g/mol. The Balaban J connectivity index is 2.45. The molecule has 0 unspecified atom stereocenters. The summed E-state index contributed by atoms with van der Waals surface area (Å²) in [6, 6.07) is 0. The molecule has 1 heterocycles. The van der Waals surface area contributed by atoms with E-state index in [2.05, 4.69) is 31.1 Å². The van der Waals surface area contributed by atoms with E-state index in [0.29, 0.717) is 5.92 Å². The van der Waals surface area contributed by atoms with Gasteiger partial charge in [-0.1, -0.05) is 40.0 Å². The molecule has 0 radical (unpaired) electrons. The number of aryl methyl sites for hydroxylation is 1. The Labute approximate surface area is 120 Å². The van der Waals surface area contributed by atoms with E-state index in [0.717, 1.165) is 35.0 Å². The number of nitrogens with one attached hydrogen (secondary N) is 1. The summed E-state index contributed by atoms with van der Waals surface area (Å²) >= 11 is 1.54. The first-order valence-electron chi connectivity index (χ1n) is 7.29. The summed E-state index contributed by atoms with van der Waals surface area (Å²) in [5.41, 5.74) is 0.867. The lowest BCUT2D eigenvalue weighted by atomic mass is 10.1. The molecule has 108 valence electrons. The van der Waals surface area contributed by atoms with Gasteiger partial charge in [0.15, 0.2) is 0 Å². The van der Waals surface area contributed by atoms with Gasteiger partial charge in [-0.05, 0) is 19.3 Å². The van der Waals surface area contributed by atoms with Crippen LogP contribution in [-0.2, 0) is 6.42 Å². The molecule has 1 rings (SSSR count). The van der Waals surface area contributed by atoms with Crippen molar-refractivity contribution in [2.24, 2.45) is 5.92 Å². The van der Waals surface area contributed by atoms with E-state index in [1.807, 2.05) is 6.92 Å². The fraction of sp³-hybridized carbons (Fsp3) is 0.733. The van der Waals surface area contributed by atoms with Gasteiger partial charge in [0.05, 0.1) is 10.7 Å². The number of thiazole rings is 1. The summed E-state index contributed by atoms with van der Waals surface area (Å²) in [6.45, 7) is 9.23. The molecule has 0 aliphatic carbocycles. The molecule has 0 saturated carbocycles. The maximum absolute atomic E-state index is 12.1. The van der Waals surface area contributed by atoms with Crippen LogP contribution in [0.3, 0.4) is 0 Å². The van der Waals surface area contributed by atoms with Crippen LogP contribution in [0.15, 0.2) is 0 Å². The number of hydrogen-bond donors (Lipinski definition) is 1. The highest BCUT2D eigenvalue weighted by molar-refractivity contribution is 7.13. The highest BCUT2D eigenvalue weighted by atomic mass is 32.1. The molecule has 3 nitrogen and oxygen atoms in total. The first-order valence-corrected chi connectivity index (χ1v) is 8.10. The first kappa shape index (κ1) is 16.2. The topological polar surface area (TPSA) is 42.0 Å². The second kappa shape index (κ2) is 8.31. The lowest BCUT2D eigenvalue weighted by Crippen LogP contribution is -2.24. The molecule has 0 atom stereocenters. The Morgan fingerprint density at radius 2 is 2.05 bits per heavy atom. The van der Waals surface area contributed by atoms with Crippen molar-refractivity contribution in [1.29, 1.82) is 0 Å². The molecule has 1 aromatic heterocycles. The van der Waals surface area contributed by atoms with Crippen molar-refractivity contribution in [3.8, 4) is 0 Å². The molecular formula is C15H26N2OS. The SMILES string of the molecule is CCCCCCNC(=O)c1sc(CC(C)C)nc1C. The molecule has 0 aliphatic rings. The Hall–Kier alpha value is -0.900. The van der Waals surface area contributed by atoms with E-state index >= 15 is 0 Å². The second-order valence-electron chi connectivity index (χ2n) is 5.44. The van der Waals surface area contributed by atoms with E-state index < -0.39 is 0 Å². The van der Waals surface area contributed by atoms with Crippen molar-refractivity contribution >= 4 is 17.2 Å². The van der Waals surface area contributed by atoms with Crippen molar-refractivity contribution in [1.82, 2.24) is 10.3 Å². The molecule has 1 amide bonds. The zero-order valence-corrected chi connectivity index (χ0v) is 13.4. The van der Waals surface area contributed by atoms with Crippen LogP contribution in [0, 0.1) is 12.8 Å². The molecule has 1 N–H and O–H groups in total. The summed E-state index contributed by atoms with van der Waals surface area (Å²) < 4.78 is 0. The molecule has 0 fully saturated rings. The minimum Gasteiger partial charge on any atom is -0.351 e. The number of rotatable bonds is 8. The number of carbonyl (C=O) groups excluding carboxylic acids is 1. The van der Waals surface area contributed by atoms with Crippen LogP contribution in [0.2, 0.25) is 0 Å². The van der Waals surface area contributed by atoms with Crippen LogP contribution >= 0.6 is 11.3 Å². The third-order valence-electron chi connectivity index (χ3n) is 2.95. The third kappa shape index (κ3) is 5.72. The number of nitrogens with zero attached hydrogens (tertiary/aromatic N) is 1. The Morgan fingerprint density at radius 1 is 1.32 bits per heavy atom. The van der Waals surface area contributed by atoms with Crippen LogP contribution in [0.5, 0.6) is 0 Å². The van der Waals surface area contributed by atoms with Gasteiger partial charge in [0, 0.05) is 13.0 Å². The molecule has 0 bridgehead atoms. The van der Waals surface area contributed by atoms with Gasteiger partial charge in [-0.25, -0.2) is 4.98 Å². The van der Waals surface area contributed by atoms with Crippen molar-refractivity contribution < 1.29 is 4.79 Å². The molecule has 0 spiro atoms. The third-order valence-corrected chi connectivity index (χ3v) is 4.12. The van der Waals surface area contributed by atoms with E-state index in [1.165, 1.54) is 19.3 Å². The summed E-state index contributed by atoms with van der Waals surface area (Å²) in [5, 5.41) is 4.07. The van der Waals surface area contributed by atoms with Gasteiger partial charge in [-0.3, -0.25) is 4.79 Å². The maximum Gasteiger partial charge on any atom is 0.263 e. The molecule has 0 aliphatic heterocycles. The standard InChI is InChI=1S/C15H26N2OS/c1-5-6-7-8-9-16-15(18)14-12(4)17-13(19-14)10-11(2)3/h11H,5-10H2,1-4H3,(H,16,18). The fourth-order valence-corrected chi connectivity index (χ4v) is 3.13. The minimum atomic E-state index is 0.0431. The normalized spacial score (nSPS) is 11.0. The van der Waals surface area contributed by atoms with Crippen LogP contribution < -0.4 is 5.32 Å². The van der Waals surface area contributed by atoms with Gasteiger partial charge >= 0.3 is 0 Å². The summed E-state index contributed by atoms with van der Waals surface area (Å²) in [7, 11) is 0. The van der Waals surface area contributed by atoms with Crippen molar-refractivity contribution in [2.75, 3.05) is 6.54 Å². The Kier molecular flexibility index (Phi) is 7.06. The van der Waals surface area contributed by atoms with E-state index in [4.69, 9.17) is 0 Å². The molecule has 4 heteroatoms. The number of aromatic nitrogens is 1. The number of amides is 1. The van der Waals surface area contributed by atoms with Gasteiger partial charge < -0.3 is 5.32 Å². The Bertz CT molecular complexity index is 399. The smallest absolute Gasteiger partial charge is 0.263 e. The van der Waals surface area contributed by atoms with Gasteiger partial charge in [-0.15, -0.1) is 11.3 Å². The van der Waals surface area contributed by atoms with E-state index in [9.17, 15) is 4.79 Å². The molecule has 0 saturated heterocycles. The average Bonchev–Trinajstić information content (AvgIpc) is 2.68. The van der Waals surface area contributed by atoms with Gasteiger partial charge in [0.2, 0.25) is 0 Å². The van der Waals surface area contributed by atoms with Gasteiger partial charge in [0.1, 0.15) is 4.88 Å². The lowest BCUT2D eigenvalue weighted by molar-refractivity contribution is 0.0956. The van der Waals surface area contributed by atoms with Crippen LogP contribution in [-0.4, -0.2) is 17.4 Å². The zero-order chi connectivity index (χ0) is 14.3. The van der Waals surface area contributed by atoms with Crippen LogP contribution in [0.25, 0.3) is 0 Å². The first-order chi connectivity index (χ1) is 9.04. The second-order valence-corrected chi connectivity index (χ2v) is 6.52. The summed E-state index contributed by atoms with van der Waals surface area (Å²) in [5.74, 6) is 0.622. The minimum absolute atomic E-state index is 0.0431. The van der Waals surface area contributed by atoms with Crippen LogP contribution in [0.4, 0.5) is 0 Å². The predicted octanol–water partition coefficient (Wildman–Crippen LogP) is 3.96. The maximum atomic E-state index is 12.1. The fourth-order valence-electron chi connectivity index (χ4n) is 1.93. The summed E-state index contributed by atoms with van der Waals surface area (Å²) in [4.78, 5) is 17.3.